The largest absolute Gasteiger partial charge is 0.352 e. The van der Waals surface area contributed by atoms with Gasteiger partial charge >= 0.3 is 0 Å². The third-order valence-electron chi connectivity index (χ3n) is 5.86. The summed E-state index contributed by atoms with van der Waals surface area (Å²) in [5.74, 6) is 0.463. The summed E-state index contributed by atoms with van der Waals surface area (Å²) in [4.78, 5) is 20.5. The average molecular weight is 430 g/mol. The maximum Gasteiger partial charge on any atom is 0.294 e. The van der Waals surface area contributed by atoms with Gasteiger partial charge in [-0.2, -0.15) is 5.26 Å². The van der Waals surface area contributed by atoms with Crippen molar-refractivity contribution >= 4 is 11.4 Å². The molecule has 32 heavy (non-hydrogen) atoms. The Balaban J connectivity index is 2.26. The fraction of sp³-hybridized carbons (Fsp3) is 0.346. The van der Waals surface area contributed by atoms with Gasteiger partial charge in [0.25, 0.3) is 5.56 Å². The number of rotatable bonds is 6. The van der Waals surface area contributed by atoms with Crippen molar-refractivity contribution in [2.24, 2.45) is 5.73 Å². The van der Waals surface area contributed by atoms with Crippen LogP contribution in [-0.2, 0) is 6.54 Å². The van der Waals surface area contributed by atoms with E-state index in [-0.39, 0.29) is 11.6 Å². The van der Waals surface area contributed by atoms with E-state index in [0.29, 0.717) is 31.0 Å². The quantitative estimate of drug-likeness (QED) is 0.549. The minimum Gasteiger partial charge on any atom is -0.352 e. The van der Waals surface area contributed by atoms with Crippen LogP contribution in [-0.4, -0.2) is 28.7 Å². The van der Waals surface area contributed by atoms with Crippen LogP contribution < -0.4 is 16.2 Å². The Morgan fingerprint density at radius 1 is 1.28 bits per heavy atom. The standard InChI is InChI=1S/C26H31N5O/c1-5-20(17-27)10-9-19(4)23-24(21-11-7-18(3)8-12-21)31(6-2)26(32)25(29-23)30-15-13-22(28)14-16-30/h5,7-12,22H,1,6,13-16,28H2,2-4H3/b19-9+,20-10+. The molecule has 2 N–H and O–H groups in total. The van der Waals surface area contributed by atoms with Crippen molar-refractivity contribution in [3.05, 3.63) is 76.3 Å². The minimum absolute atomic E-state index is 0.0885. The summed E-state index contributed by atoms with van der Waals surface area (Å²) < 4.78 is 1.80. The highest BCUT2D eigenvalue weighted by Crippen LogP contribution is 2.29. The van der Waals surface area contributed by atoms with Crippen molar-refractivity contribution in [3.8, 4) is 17.3 Å². The third kappa shape index (κ3) is 4.90. The van der Waals surface area contributed by atoms with Gasteiger partial charge in [0.1, 0.15) is 0 Å². The Bertz CT molecular complexity index is 1140. The Morgan fingerprint density at radius 3 is 2.50 bits per heavy atom. The molecule has 0 unspecified atom stereocenters. The molecule has 0 spiro atoms. The smallest absolute Gasteiger partial charge is 0.294 e. The summed E-state index contributed by atoms with van der Waals surface area (Å²) in [5, 5.41) is 9.23. The van der Waals surface area contributed by atoms with Crippen molar-refractivity contribution in [2.75, 3.05) is 18.0 Å². The first-order valence-corrected chi connectivity index (χ1v) is 11.0. The highest BCUT2D eigenvalue weighted by Gasteiger charge is 2.24. The molecule has 0 saturated carbocycles. The van der Waals surface area contributed by atoms with Crippen molar-refractivity contribution in [1.29, 1.82) is 5.26 Å². The highest BCUT2D eigenvalue weighted by molar-refractivity contribution is 5.78. The van der Waals surface area contributed by atoms with Crippen LogP contribution in [0.5, 0.6) is 0 Å². The maximum atomic E-state index is 13.5. The molecule has 1 saturated heterocycles. The lowest BCUT2D eigenvalue weighted by Gasteiger charge is -2.31. The van der Waals surface area contributed by atoms with Crippen molar-refractivity contribution in [1.82, 2.24) is 9.55 Å². The molecule has 2 aromatic rings. The molecule has 6 heteroatoms. The van der Waals surface area contributed by atoms with E-state index in [1.807, 2.05) is 56.0 Å². The summed E-state index contributed by atoms with van der Waals surface area (Å²) >= 11 is 0. The van der Waals surface area contributed by atoms with E-state index in [1.54, 1.807) is 10.6 Å². The van der Waals surface area contributed by atoms with Gasteiger partial charge in [-0.05, 0) is 45.3 Å². The lowest BCUT2D eigenvalue weighted by Crippen LogP contribution is -2.43. The zero-order valence-corrected chi connectivity index (χ0v) is 19.1. The van der Waals surface area contributed by atoms with Gasteiger partial charge in [-0.3, -0.25) is 4.79 Å². The summed E-state index contributed by atoms with van der Waals surface area (Å²) in [7, 11) is 0. The summed E-state index contributed by atoms with van der Waals surface area (Å²) in [6.07, 6.45) is 6.79. The molecule has 1 aromatic heterocycles. The van der Waals surface area contributed by atoms with Gasteiger partial charge in [0.15, 0.2) is 5.82 Å². The van der Waals surface area contributed by atoms with Crippen LogP contribution in [0.25, 0.3) is 16.8 Å². The minimum atomic E-state index is -0.0885. The van der Waals surface area contributed by atoms with Crippen LogP contribution in [0.15, 0.2) is 59.4 Å². The number of nitriles is 1. The van der Waals surface area contributed by atoms with Gasteiger partial charge in [-0.1, -0.05) is 48.6 Å². The monoisotopic (exact) mass is 429 g/mol. The number of nitrogens with zero attached hydrogens (tertiary/aromatic N) is 4. The van der Waals surface area contributed by atoms with E-state index in [2.05, 4.69) is 12.6 Å². The van der Waals surface area contributed by atoms with Crippen molar-refractivity contribution < 1.29 is 0 Å². The Morgan fingerprint density at radius 2 is 1.94 bits per heavy atom. The van der Waals surface area contributed by atoms with Crippen LogP contribution >= 0.6 is 0 Å². The predicted octanol–water partition coefficient (Wildman–Crippen LogP) is 4.21. The number of allylic oxidation sites excluding steroid dienone is 5. The lowest BCUT2D eigenvalue weighted by molar-refractivity contribution is 0.496. The molecule has 1 aliphatic heterocycles. The molecule has 1 fully saturated rings. The van der Waals surface area contributed by atoms with Gasteiger partial charge in [-0.15, -0.1) is 0 Å². The fourth-order valence-corrected chi connectivity index (χ4v) is 3.90. The molecule has 0 bridgehead atoms. The molecular weight excluding hydrogens is 398 g/mol. The van der Waals surface area contributed by atoms with E-state index in [9.17, 15) is 10.1 Å². The lowest BCUT2D eigenvalue weighted by atomic mass is 10.0. The highest BCUT2D eigenvalue weighted by atomic mass is 16.1. The molecule has 0 aliphatic carbocycles. The summed E-state index contributed by atoms with van der Waals surface area (Å²) in [5.41, 5.74) is 10.9. The number of anilines is 1. The molecule has 3 rings (SSSR count). The van der Waals surface area contributed by atoms with E-state index >= 15 is 0 Å². The number of hydrogen-bond acceptors (Lipinski definition) is 5. The molecule has 166 valence electrons. The second kappa shape index (κ2) is 10.3. The second-order valence-corrected chi connectivity index (χ2v) is 8.16. The van der Waals surface area contributed by atoms with Crippen LogP contribution in [0.2, 0.25) is 0 Å². The van der Waals surface area contributed by atoms with Gasteiger partial charge in [0, 0.05) is 31.2 Å². The average Bonchev–Trinajstić information content (AvgIpc) is 2.80. The van der Waals surface area contributed by atoms with E-state index in [4.69, 9.17) is 10.7 Å². The normalized spacial score (nSPS) is 15.5. The van der Waals surface area contributed by atoms with Crippen LogP contribution in [0.1, 0.15) is 37.9 Å². The number of nitrogens with two attached hydrogens (primary N) is 1. The molecule has 0 radical (unpaired) electrons. The Labute approximate surface area is 190 Å². The third-order valence-corrected chi connectivity index (χ3v) is 5.86. The predicted molar refractivity (Wildman–Crippen MR) is 131 cm³/mol. The van der Waals surface area contributed by atoms with Crippen LogP contribution in [0.4, 0.5) is 5.82 Å². The first-order chi connectivity index (χ1) is 15.4. The van der Waals surface area contributed by atoms with Crippen molar-refractivity contribution in [3.63, 3.8) is 0 Å². The first kappa shape index (κ1) is 23.2. The first-order valence-electron chi connectivity index (χ1n) is 11.0. The number of aryl methyl sites for hydroxylation is 1. The number of aromatic nitrogens is 2. The van der Waals surface area contributed by atoms with E-state index in [1.165, 1.54) is 6.08 Å². The van der Waals surface area contributed by atoms with Gasteiger partial charge < -0.3 is 15.2 Å². The molecule has 2 heterocycles. The topological polar surface area (TPSA) is 87.9 Å². The van der Waals surface area contributed by atoms with Crippen LogP contribution in [0, 0.1) is 18.3 Å². The summed E-state index contributed by atoms with van der Waals surface area (Å²) in [6.45, 7) is 11.6. The molecular formula is C26H31N5O. The van der Waals surface area contributed by atoms with E-state index < -0.39 is 0 Å². The zero-order chi connectivity index (χ0) is 23.3. The molecule has 6 nitrogen and oxygen atoms in total. The fourth-order valence-electron chi connectivity index (χ4n) is 3.90. The zero-order valence-electron chi connectivity index (χ0n) is 19.1. The van der Waals surface area contributed by atoms with Crippen LogP contribution in [0.3, 0.4) is 0 Å². The number of piperidine rings is 1. The SMILES string of the molecule is C=C/C(C#N)=C\C=C(/C)c1nc(N2CCC(N)CC2)c(=O)n(CC)c1-c1ccc(C)cc1. The maximum absolute atomic E-state index is 13.5. The summed E-state index contributed by atoms with van der Waals surface area (Å²) in [6, 6.07) is 10.4. The molecule has 1 aliphatic rings. The van der Waals surface area contributed by atoms with Gasteiger partial charge in [-0.25, -0.2) is 4.98 Å². The number of hydrogen-bond donors (Lipinski definition) is 1. The molecule has 0 amide bonds. The van der Waals surface area contributed by atoms with Gasteiger partial charge in [0.05, 0.1) is 23.0 Å². The van der Waals surface area contributed by atoms with Crippen molar-refractivity contribution in [2.45, 2.75) is 46.2 Å². The Hall–Kier alpha value is -3.43. The molecule has 0 atom stereocenters. The van der Waals surface area contributed by atoms with E-state index in [0.717, 1.165) is 40.9 Å². The Kier molecular flexibility index (Phi) is 7.45. The molecule has 1 aromatic carbocycles. The second-order valence-electron chi connectivity index (χ2n) is 8.16. The number of benzene rings is 1. The van der Waals surface area contributed by atoms with Gasteiger partial charge in [0.2, 0.25) is 0 Å².